The lowest BCUT2D eigenvalue weighted by Crippen LogP contribution is -2.30. The number of hydrogen-bond acceptors (Lipinski definition) is 5. The SMILES string of the molecule is Cc1ccnc(C(NC(=O)c2cnc(-c3ccncc3)nc2)C2CC2)c1. The molecule has 1 saturated carbocycles. The van der Waals surface area contributed by atoms with Crippen LogP contribution < -0.4 is 5.32 Å². The number of nitrogens with zero attached hydrogens (tertiary/aromatic N) is 4. The highest BCUT2D eigenvalue weighted by Gasteiger charge is 2.34. The molecule has 1 aliphatic carbocycles. The van der Waals surface area contributed by atoms with Crippen LogP contribution in [-0.4, -0.2) is 25.8 Å². The molecule has 1 N–H and O–H groups in total. The van der Waals surface area contributed by atoms with E-state index in [2.05, 4.69) is 25.3 Å². The summed E-state index contributed by atoms with van der Waals surface area (Å²) in [6.07, 6.45) is 10.5. The normalized spacial score (nSPS) is 14.7. The van der Waals surface area contributed by atoms with E-state index in [0.717, 1.165) is 29.7 Å². The van der Waals surface area contributed by atoms with E-state index in [9.17, 15) is 4.79 Å². The largest absolute Gasteiger partial charge is 0.343 e. The molecule has 3 aromatic rings. The summed E-state index contributed by atoms with van der Waals surface area (Å²) in [5.74, 6) is 0.847. The molecule has 3 aromatic heterocycles. The van der Waals surface area contributed by atoms with Gasteiger partial charge in [-0.3, -0.25) is 14.8 Å². The van der Waals surface area contributed by atoms with Crippen LogP contribution in [0.15, 0.2) is 55.2 Å². The lowest BCUT2D eigenvalue weighted by Gasteiger charge is -2.18. The number of aryl methyl sites for hydroxylation is 1. The van der Waals surface area contributed by atoms with Gasteiger partial charge in [0, 0.05) is 36.5 Å². The predicted molar refractivity (Wildman–Crippen MR) is 97.2 cm³/mol. The van der Waals surface area contributed by atoms with Gasteiger partial charge in [0.2, 0.25) is 0 Å². The number of nitrogens with one attached hydrogen (secondary N) is 1. The van der Waals surface area contributed by atoms with Crippen molar-refractivity contribution >= 4 is 5.91 Å². The number of amides is 1. The van der Waals surface area contributed by atoms with Gasteiger partial charge in [-0.05, 0) is 55.5 Å². The molecule has 0 bridgehead atoms. The molecule has 26 heavy (non-hydrogen) atoms. The van der Waals surface area contributed by atoms with E-state index in [4.69, 9.17) is 0 Å². The van der Waals surface area contributed by atoms with Gasteiger partial charge in [-0.1, -0.05) is 0 Å². The molecule has 1 unspecified atom stereocenters. The van der Waals surface area contributed by atoms with E-state index in [1.807, 2.05) is 31.2 Å². The Bertz CT molecular complexity index is 907. The molecule has 1 aliphatic rings. The lowest BCUT2D eigenvalue weighted by molar-refractivity contribution is 0.0930. The van der Waals surface area contributed by atoms with Gasteiger partial charge in [-0.25, -0.2) is 9.97 Å². The van der Waals surface area contributed by atoms with E-state index in [-0.39, 0.29) is 11.9 Å². The Balaban J connectivity index is 1.51. The molecule has 1 atom stereocenters. The third-order valence-corrected chi connectivity index (χ3v) is 4.49. The second-order valence-electron chi connectivity index (χ2n) is 6.58. The zero-order valence-corrected chi connectivity index (χ0v) is 14.5. The standard InChI is InChI=1S/C20H19N5O/c1-13-4-9-22-17(10-13)18(14-2-3-14)25-20(26)16-11-23-19(24-12-16)15-5-7-21-8-6-15/h4-12,14,18H,2-3H2,1H3,(H,25,26). The van der Waals surface area contributed by atoms with Crippen molar-refractivity contribution in [1.29, 1.82) is 0 Å². The van der Waals surface area contributed by atoms with Crippen LogP contribution in [0.1, 0.15) is 40.5 Å². The summed E-state index contributed by atoms with van der Waals surface area (Å²) in [7, 11) is 0. The lowest BCUT2D eigenvalue weighted by atomic mass is 10.1. The van der Waals surface area contributed by atoms with Crippen molar-refractivity contribution in [1.82, 2.24) is 25.3 Å². The van der Waals surface area contributed by atoms with Crippen molar-refractivity contribution in [2.75, 3.05) is 0 Å². The highest BCUT2D eigenvalue weighted by molar-refractivity contribution is 5.94. The number of rotatable bonds is 5. The first-order valence-corrected chi connectivity index (χ1v) is 8.66. The Morgan fingerprint density at radius 3 is 2.46 bits per heavy atom. The van der Waals surface area contributed by atoms with E-state index < -0.39 is 0 Å². The van der Waals surface area contributed by atoms with Crippen molar-refractivity contribution in [3.63, 3.8) is 0 Å². The monoisotopic (exact) mass is 345 g/mol. The summed E-state index contributed by atoms with van der Waals surface area (Å²) in [5, 5.41) is 3.11. The van der Waals surface area contributed by atoms with E-state index >= 15 is 0 Å². The highest BCUT2D eigenvalue weighted by atomic mass is 16.1. The van der Waals surface area contributed by atoms with Gasteiger partial charge < -0.3 is 5.32 Å². The van der Waals surface area contributed by atoms with E-state index in [0.29, 0.717) is 17.3 Å². The molecule has 6 heteroatoms. The van der Waals surface area contributed by atoms with Crippen LogP contribution in [0.4, 0.5) is 0 Å². The topological polar surface area (TPSA) is 80.7 Å². The third kappa shape index (κ3) is 3.59. The molecule has 4 rings (SSSR count). The quantitative estimate of drug-likeness (QED) is 0.768. The van der Waals surface area contributed by atoms with Crippen molar-refractivity contribution in [2.45, 2.75) is 25.8 Å². The fourth-order valence-electron chi connectivity index (χ4n) is 2.91. The van der Waals surface area contributed by atoms with Gasteiger partial charge in [-0.2, -0.15) is 0 Å². The van der Waals surface area contributed by atoms with Crippen LogP contribution in [0.3, 0.4) is 0 Å². The minimum Gasteiger partial charge on any atom is -0.343 e. The molecular weight excluding hydrogens is 326 g/mol. The summed E-state index contributed by atoms with van der Waals surface area (Å²) in [5.41, 5.74) is 3.36. The van der Waals surface area contributed by atoms with Gasteiger partial charge in [0.1, 0.15) is 0 Å². The fourth-order valence-corrected chi connectivity index (χ4v) is 2.91. The predicted octanol–water partition coefficient (Wildman–Crippen LogP) is 3.12. The van der Waals surface area contributed by atoms with Crippen molar-refractivity contribution < 1.29 is 4.79 Å². The first-order chi connectivity index (χ1) is 12.7. The van der Waals surface area contributed by atoms with Crippen molar-refractivity contribution in [3.8, 4) is 11.4 Å². The van der Waals surface area contributed by atoms with Gasteiger partial charge >= 0.3 is 0 Å². The van der Waals surface area contributed by atoms with E-state index in [1.54, 1.807) is 31.0 Å². The van der Waals surface area contributed by atoms with Crippen LogP contribution in [0.25, 0.3) is 11.4 Å². The maximum atomic E-state index is 12.7. The van der Waals surface area contributed by atoms with Crippen LogP contribution in [0.2, 0.25) is 0 Å². The van der Waals surface area contributed by atoms with Crippen molar-refractivity contribution in [3.05, 3.63) is 72.1 Å². The number of carbonyl (C=O) groups is 1. The van der Waals surface area contributed by atoms with Gasteiger partial charge in [0.15, 0.2) is 5.82 Å². The molecule has 3 heterocycles. The molecule has 0 aliphatic heterocycles. The summed E-state index contributed by atoms with van der Waals surface area (Å²) >= 11 is 0. The summed E-state index contributed by atoms with van der Waals surface area (Å²) < 4.78 is 0. The summed E-state index contributed by atoms with van der Waals surface area (Å²) in [4.78, 5) is 29.7. The van der Waals surface area contributed by atoms with Gasteiger partial charge in [-0.15, -0.1) is 0 Å². The zero-order valence-electron chi connectivity index (χ0n) is 14.5. The maximum Gasteiger partial charge on any atom is 0.254 e. The third-order valence-electron chi connectivity index (χ3n) is 4.49. The molecule has 0 aromatic carbocycles. The molecule has 1 amide bonds. The summed E-state index contributed by atoms with van der Waals surface area (Å²) in [6, 6.07) is 7.60. The fraction of sp³-hybridized carbons (Fsp3) is 0.250. The van der Waals surface area contributed by atoms with Crippen LogP contribution >= 0.6 is 0 Å². The maximum absolute atomic E-state index is 12.7. The van der Waals surface area contributed by atoms with Crippen molar-refractivity contribution in [2.24, 2.45) is 5.92 Å². The molecule has 0 saturated heterocycles. The molecule has 6 nitrogen and oxygen atoms in total. The van der Waals surface area contributed by atoms with E-state index in [1.165, 1.54) is 0 Å². The van der Waals surface area contributed by atoms with Gasteiger partial charge in [0.05, 0.1) is 17.3 Å². The first kappa shape index (κ1) is 16.3. The number of pyridine rings is 2. The van der Waals surface area contributed by atoms with Gasteiger partial charge in [0.25, 0.3) is 5.91 Å². The Morgan fingerprint density at radius 1 is 1.08 bits per heavy atom. The second kappa shape index (κ2) is 7.00. The number of carbonyl (C=O) groups excluding carboxylic acids is 1. The molecule has 1 fully saturated rings. The van der Waals surface area contributed by atoms with Crippen LogP contribution in [-0.2, 0) is 0 Å². The summed E-state index contributed by atoms with van der Waals surface area (Å²) in [6.45, 7) is 2.03. The second-order valence-corrected chi connectivity index (χ2v) is 6.58. The minimum atomic E-state index is -0.175. The smallest absolute Gasteiger partial charge is 0.254 e. The first-order valence-electron chi connectivity index (χ1n) is 8.66. The number of aromatic nitrogens is 4. The molecular formula is C20H19N5O. The average Bonchev–Trinajstić information content (AvgIpc) is 3.52. The molecule has 130 valence electrons. The molecule has 0 radical (unpaired) electrons. The van der Waals surface area contributed by atoms with Crippen LogP contribution in [0, 0.1) is 12.8 Å². The van der Waals surface area contributed by atoms with Crippen LogP contribution in [0.5, 0.6) is 0 Å². The molecule has 0 spiro atoms. The Morgan fingerprint density at radius 2 is 1.81 bits per heavy atom. The minimum absolute atomic E-state index is 0.0673. The Hall–Kier alpha value is -3.15. The number of hydrogen-bond donors (Lipinski definition) is 1. The Kier molecular flexibility index (Phi) is 4.39. The average molecular weight is 345 g/mol. The Labute approximate surface area is 151 Å². The highest BCUT2D eigenvalue weighted by Crippen LogP contribution is 2.40. The zero-order chi connectivity index (χ0) is 17.9.